The van der Waals surface area contributed by atoms with Crippen LogP contribution in [0.25, 0.3) is 0 Å². The molecule has 4 heteroatoms. The molecule has 19 heavy (non-hydrogen) atoms. The van der Waals surface area contributed by atoms with E-state index in [4.69, 9.17) is 0 Å². The van der Waals surface area contributed by atoms with Gasteiger partial charge in [0.05, 0.1) is 17.9 Å². The number of aromatic nitrogens is 3. The summed E-state index contributed by atoms with van der Waals surface area (Å²) in [6, 6.07) is 6.28. The van der Waals surface area contributed by atoms with E-state index in [9.17, 15) is 0 Å². The Morgan fingerprint density at radius 3 is 2.79 bits per heavy atom. The van der Waals surface area contributed by atoms with E-state index in [1.807, 2.05) is 23.9 Å². The molecule has 0 saturated carbocycles. The molecule has 0 aromatic carbocycles. The highest BCUT2D eigenvalue weighted by atomic mass is 15.3. The molecule has 1 N–H and O–H groups in total. The molecule has 0 aliphatic carbocycles. The molecule has 1 unspecified atom stereocenters. The van der Waals surface area contributed by atoms with Gasteiger partial charge in [-0.25, -0.2) is 0 Å². The van der Waals surface area contributed by atoms with Crippen LogP contribution in [0.4, 0.5) is 0 Å². The summed E-state index contributed by atoms with van der Waals surface area (Å²) in [6.45, 7) is 8.15. The summed E-state index contributed by atoms with van der Waals surface area (Å²) in [6.07, 6.45) is 5.13. The fraction of sp³-hybridized carbons (Fsp3) is 0.467. The van der Waals surface area contributed by atoms with E-state index in [1.54, 1.807) is 0 Å². The van der Waals surface area contributed by atoms with Crippen LogP contribution in [0, 0.1) is 6.92 Å². The molecule has 0 bridgehead atoms. The van der Waals surface area contributed by atoms with Gasteiger partial charge >= 0.3 is 0 Å². The largest absolute Gasteiger partial charge is 0.305 e. The summed E-state index contributed by atoms with van der Waals surface area (Å²) < 4.78 is 1.95. The monoisotopic (exact) mass is 258 g/mol. The van der Waals surface area contributed by atoms with Gasteiger partial charge in [-0.3, -0.25) is 9.67 Å². The second-order valence-electron chi connectivity index (χ2n) is 4.72. The lowest BCUT2D eigenvalue weighted by Gasteiger charge is -2.17. The second-order valence-corrected chi connectivity index (χ2v) is 4.72. The van der Waals surface area contributed by atoms with E-state index in [0.717, 1.165) is 30.9 Å². The summed E-state index contributed by atoms with van der Waals surface area (Å²) >= 11 is 0. The van der Waals surface area contributed by atoms with Gasteiger partial charge < -0.3 is 5.32 Å². The third-order valence-corrected chi connectivity index (χ3v) is 3.11. The Morgan fingerprint density at radius 1 is 1.32 bits per heavy atom. The van der Waals surface area contributed by atoms with Crippen molar-refractivity contribution in [2.24, 2.45) is 0 Å². The zero-order chi connectivity index (χ0) is 13.7. The molecule has 0 amide bonds. The third-order valence-electron chi connectivity index (χ3n) is 3.11. The molecular weight excluding hydrogens is 236 g/mol. The highest BCUT2D eigenvalue weighted by Crippen LogP contribution is 2.20. The van der Waals surface area contributed by atoms with E-state index in [-0.39, 0.29) is 6.04 Å². The van der Waals surface area contributed by atoms with Crippen LogP contribution in [-0.2, 0) is 6.54 Å². The first kappa shape index (κ1) is 13.7. The Bertz CT molecular complexity index is 518. The van der Waals surface area contributed by atoms with Gasteiger partial charge in [0.2, 0.25) is 0 Å². The first-order chi connectivity index (χ1) is 9.24. The SMILES string of the molecule is CCCNC(c1cnn(CC)c1)c1cccc(C)n1. The maximum atomic E-state index is 4.64. The van der Waals surface area contributed by atoms with Crippen molar-refractivity contribution < 1.29 is 0 Å². The molecule has 0 radical (unpaired) electrons. The first-order valence-corrected chi connectivity index (χ1v) is 6.93. The normalized spacial score (nSPS) is 12.6. The Hall–Kier alpha value is -1.68. The van der Waals surface area contributed by atoms with Crippen molar-refractivity contribution >= 4 is 0 Å². The number of rotatable bonds is 6. The maximum Gasteiger partial charge on any atom is 0.0782 e. The Kier molecular flexibility index (Phi) is 4.68. The molecule has 2 aromatic heterocycles. The fourth-order valence-corrected chi connectivity index (χ4v) is 2.11. The lowest BCUT2D eigenvalue weighted by molar-refractivity contribution is 0.583. The quantitative estimate of drug-likeness (QED) is 0.866. The molecular formula is C15H22N4. The summed E-state index contributed by atoms with van der Waals surface area (Å²) in [5.41, 5.74) is 3.28. The summed E-state index contributed by atoms with van der Waals surface area (Å²) in [7, 11) is 0. The Labute approximate surface area is 114 Å². The van der Waals surface area contributed by atoms with Gasteiger partial charge in [-0.2, -0.15) is 5.10 Å². The lowest BCUT2D eigenvalue weighted by Crippen LogP contribution is -2.24. The number of pyridine rings is 1. The third kappa shape index (κ3) is 3.41. The topological polar surface area (TPSA) is 42.7 Å². The zero-order valence-corrected chi connectivity index (χ0v) is 11.9. The van der Waals surface area contributed by atoms with Gasteiger partial charge in [-0.05, 0) is 38.9 Å². The number of aryl methyl sites for hydroxylation is 2. The molecule has 102 valence electrons. The molecule has 2 rings (SSSR count). The van der Waals surface area contributed by atoms with Crippen LogP contribution >= 0.6 is 0 Å². The highest BCUT2D eigenvalue weighted by Gasteiger charge is 2.16. The van der Waals surface area contributed by atoms with Gasteiger partial charge in [0, 0.05) is 24.0 Å². The minimum absolute atomic E-state index is 0.125. The van der Waals surface area contributed by atoms with E-state index in [2.05, 4.69) is 47.6 Å². The van der Waals surface area contributed by atoms with E-state index in [1.165, 1.54) is 5.56 Å². The van der Waals surface area contributed by atoms with Crippen LogP contribution in [0.15, 0.2) is 30.6 Å². The van der Waals surface area contributed by atoms with E-state index < -0.39 is 0 Å². The molecule has 0 fully saturated rings. The van der Waals surface area contributed by atoms with Crippen molar-refractivity contribution in [1.82, 2.24) is 20.1 Å². The number of nitrogens with zero attached hydrogens (tertiary/aromatic N) is 3. The van der Waals surface area contributed by atoms with Crippen molar-refractivity contribution in [3.05, 3.63) is 47.5 Å². The van der Waals surface area contributed by atoms with Gasteiger partial charge in [0.25, 0.3) is 0 Å². The molecule has 1 atom stereocenters. The molecule has 0 aliphatic heterocycles. The first-order valence-electron chi connectivity index (χ1n) is 6.93. The molecule has 0 spiro atoms. The smallest absolute Gasteiger partial charge is 0.0782 e. The fourth-order valence-electron chi connectivity index (χ4n) is 2.11. The van der Waals surface area contributed by atoms with Gasteiger partial charge in [0.15, 0.2) is 0 Å². The van der Waals surface area contributed by atoms with Gasteiger partial charge in [0.1, 0.15) is 0 Å². The van der Waals surface area contributed by atoms with E-state index in [0.29, 0.717) is 0 Å². The van der Waals surface area contributed by atoms with Crippen LogP contribution in [-0.4, -0.2) is 21.3 Å². The minimum atomic E-state index is 0.125. The van der Waals surface area contributed by atoms with Crippen molar-refractivity contribution in [3.63, 3.8) is 0 Å². The van der Waals surface area contributed by atoms with E-state index >= 15 is 0 Å². The Morgan fingerprint density at radius 2 is 2.16 bits per heavy atom. The predicted octanol–water partition coefficient (Wildman–Crippen LogP) is 2.70. The predicted molar refractivity (Wildman–Crippen MR) is 77.0 cm³/mol. The van der Waals surface area contributed by atoms with Crippen LogP contribution in [0.3, 0.4) is 0 Å². The molecule has 2 aromatic rings. The zero-order valence-electron chi connectivity index (χ0n) is 11.9. The highest BCUT2D eigenvalue weighted by molar-refractivity contribution is 5.25. The van der Waals surface area contributed by atoms with Crippen molar-refractivity contribution in [2.45, 2.75) is 39.8 Å². The average Bonchev–Trinajstić information content (AvgIpc) is 2.88. The number of hydrogen-bond acceptors (Lipinski definition) is 3. The van der Waals surface area contributed by atoms with Crippen LogP contribution < -0.4 is 5.32 Å². The Balaban J connectivity index is 2.29. The van der Waals surface area contributed by atoms with Crippen LogP contribution in [0.1, 0.15) is 43.3 Å². The summed E-state index contributed by atoms with van der Waals surface area (Å²) in [5.74, 6) is 0. The van der Waals surface area contributed by atoms with Crippen LogP contribution in [0.2, 0.25) is 0 Å². The lowest BCUT2D eigenvalue weighted by atomic mass is 10.1. The van der Waals surface area contributed by atoms with Gasteiger partial charge in [-0.1, -0.05) is 13.0 Å². The van der Waals surface area contributed by atoms with Gasteiger partial charge in [-0.15, -0.1) is 0 Å². The average molecular weight is 258 g/mol. The van der Waals surface area contributed by atoms with Crippen LogP contribution in [0.5, 0.6) is 0 Å². The van der Waals surface area contributed by atoms with Crippen molar-refractivity contribution in [1.29, 1.82) is 0 Å². The maximum absolute atomic E-state index is 4.64. The number of hydrogen-bond donors (Lipinski definition) is 1. The van der Waals surface area contributed by atoms with Crippen molar-refractivity contribution in [2.75, 3.05) is 6.54 Å². The molecule has 2 heterocycles. The molecule has 0 aliphatic rings. The standard InChI is InChI=1S/C15H22N4/c1-4-9-16-15(13-10-17-19(5-2)11-13)14-8-6-7-12(3)18-14/h6-8,10-11,15-16H,4-5,9H2,1-3H3. The minimum Gasteiger partial charge on any atom is -0.305 e. The summed E-state index contributed by atoms with van der Waals surface area (Å²) in [5, 5.41) is 7.91. The van der Waals surface area contributed by atoms with Crippen molar-refractivity contribution in [3.8, 4) is 0 Å². The summed E-state index contributed by atoms with van der Waals surface area (Å²) in [4.78, 5) is 4.64. The number of nitrogens with one attached hydrogen (secondary N) is 1. The molecule has 0 saturated heterocycles. The second kappa shape index (κ2) is 6.48. The molecule has 4 nitrogen and oxygen atoms in total.